The number of fused-ring (bicyclic) bond motifs is 1. The van der Waals surface area contributed by atoms with E-state index in [0.717, 1.165) is 34.0 Å². The first-order chi connectivity index (χ1) is 14.9. The molecular formula is C26H26N4. The largest absolute Gasteiger partial charge is 0.340 e. The number of aromatic nitrogens is 2. The van der Waals surface area contributed by atoms with Gasteiger partial charge >= 0.3 is 0 Å². The van der Waals surface area contributed by atoms with Gasteiger partial charge in [0.15, 0.2) is 0 Å². The van der Waals surface area contributed by atoms with E-state index < -0.39 is 0 Å². The van der Waals surface area contributed by atoms with Crippen molar-refractivity contribution in [1.29, 1.82) is 0 Å². The normalized spacial score (nSPS) is 14.5. The quantitative estimate of drug-likeness (QED) is 0.402. The van der Waals surface area contributed by atoms with Crippen LogP contribution >= 0.6 is 0 Å². The van der Waals surface area contributed by atoms with Gasteiger partial charge in [-0.15, -0.1) is 0 Å². The molecule has 0 saturated heterocycles. The van der Waals surface area contributed by atoms with E-state index in [1.165, 1.54) is 32.1 Å². The zero-order valence-corrected chi connectivity index (χ0v) is 17.0. The molecule has 0 bridgehead atoms. The summed E-state index contributed by atoms with van der Waals surface area (Å²) >= 11 is 0. The highest BCUT2D eigenvalue weighted by Crippen LogP contribution is 2.35. The Labute approximate surface area is 177 Å². The van der Waals surface area contributed by atoms with E-state index in [-0.39, 0.29) is 0 Å². The molecule has 0 atom stereocenters. The van der Waals surface area contributed by atoms with E-state index in [4.69, 9.17) is 9.97 Å². The van der Waals surface area contributed by atoms with Crippen molar-refractivity contribution in [1.82, 2.24) is 9.97 Å². The van der Waals surface area contributed by atoms with Crippen molar-refractivity contribution in [3.8, 4) is 0 Å². The molecule has 4 nitrogen and oxygen atoms in total. The van der Waals surface area contributed by atoms with Crippen LogP contribution in [0.15, 0.2) is 84.9 Å². The molecule has 30 heavy (non-hydrogen) atoms. The van der Waals surface area contributed by atoms with Crippen molar-refractivity contribution in [3.63, 3.8) is 0 Å². The van der Waals surface area contributed by atoms with Gasteiger partial charge in [-0.25, -0.2) is 4.98 Å². The van der Waals surface area contributed by atoms with E-state index in [0.29, 0.717) is 6.04 Å². The number of benzene rings is 3. The Balaban J connectivity index is 1.63. The maximum atomic E-state index is 5.05. The molecule has 4 aromatic rings. The summed E-state index contributed by atoms with van der Waals surface area (Å²) in [6.45, 7) is 0. The maximum Gasteiger partial charge on any atom is 0.232 e. The molecule has 1 aromatic heterocycles. The molecule has 1 N–H and O–H groups in total. The molecule has 0 radical (unpaired) electrons. The van der Waals surface area contributed by atoms with E-state index in [1.54, 1.807) is 0 Å². The van der Waals surface area contributed by atoms with Gasteiger partial charge < -0.3 is 10.2 Å². The minimum atomic E-state index is 0.423. The SMILES string of the molecule is c1ccc(Nc2nc(N(c3ccccc3)C3CCCCC3)nc3ccccc23)cc1. The van der Waals surface area contributed by atoms with Crippen molar-refractivity contribution < 1.29 is 0 Å². The smallest absolute Gasteiger partial charge is 0.232 e. The molecule has 4 heteroatoms. The number of rotatable bonds is 5. The zero-order valence-electron chi connectivity index (χ0n) is 17.0. The molecule has 0 aliphatic heterocycles. The third kappa shape index (κ3) is 3.86. The molecule has 0 unspecified atom stereocenters. The third-order valence-corrected chi connectivity index (χ3v) is 5.82. The van der Waals surface area contributed by atoms with Crippen molar-refractivity contribution in [2.75, 3.05) is 10.2 Å². The van der Waals surface area contributed by atoms with Crippen LogP contribution in [0.25, 0.3) is 10.9 Å². The fraction of sp³-hybridized carbons (Fsp3) is 0.231. The van der Waals surface area contributed by atoms with Crippen LogP contribution in [0.4, 0.5) is 23.1 Å². The second-order valence-electron chi connectivity index (χ2n) is 7.88. The van der Waals surface area contributed by atoms with Crippen LogP contribution in [0.5, 0.6) is 0 Å². The van der Waals surface area contributed by atoms with Gasteiger partial charge in [0.25, 0.3) is 0 Å². The Morgan fingerprint density at radius 2 is 1.37 bits per heavy atom. The van der Waals surface area contributed by atoms with Crippen LogP contribution in [0.3, 0.4) is 0 Å². The van der Waals surface area contributed by atoms with E-state index >= 15 is 0 Å². The van der Waals surface area contributed by atoms with Gasteiger partial charge in [-0.2, -0.15) is 4.98 Å². The highest BCUT2D eigenvalue weighted by atomic mass is 15.3. The van der Waals surface area contributed by atoms with Gasteiger partial charge in [0.1, 0.15) is 5.82 Å². The number of para-hydroxylation sites is 3. The summed E-state index contributed by atoms with van der Waals surface area (Å²) in [5.74, 6) is 1.61. The summed E-state index contributed by atoms with van der Waals surface area (Å²) in [5.41, 5.74) is 3.14. The van der Waals surface area contributed by atoms with Crippen LogP contribution in [-0.2, 0) is 0 Å². The molecule has 3 aromatic carbocycles. The van der Waals surface area contributed by atoms with Crippen LogP contribution in [0, 0.1) is 0 Å². The van der Waals surface area contributed by atoms with Crippen molar-refractivity contribution >= 4 is 34.0 Å². The molecule has 150 valence electrons. The Bertz CT molecular complexity index is 1110. The summed E-state index contributed by atoms with van der Waals surface area (Å²) in [5, 5.41) is 4.55. The van der Waals surface area contributed by atoms with Gasteiger partial charge in [0.05, 0.1) is 5.52 Å². The second-order valence-corrected chi connectivity index (χ2v) is 7.88. The van der Waals surface area contributed by atoms with E-state index in [1.807, 2.05) is 30.3 Å². The lowest BCUT2D eigenvalue weighted by Crippen LogP contribution is -2.34. The van der Waals surface area contributed by atoms with Gasteiger partial charge in [0.2, 0.25) is 5.95 Å². The predicted molar refractivity (Wildman–Crippen MR) is 125 cm³/mol. The van der Waals surface area contributed by atoms with Gasteiger partial charge in [-0.05, 0) is 49.2 Å². The molecule has 0 spiro atoms. The van der Waals surface area contributed by atoms with Crippen molar-refractivity contribution in [3.05, 3.63) is 84.9 Å². The number of hydrogen-bond acceptors (Lipinski definition) is 4. The highest BCUT2D eigenvalue weighted by Gasteiger charge is 2.26. The second kappa shape index (κ2) is 8.54. The first-order valence-corrected chi connectivity index (χ1v) is 10.8. The first kappa shape index (κ1) is 18.6. The van der Waals surface area contributed by atoms with Gasteiger partial charge in [0, 0.05) is 22.8 Å². The lowest BCUT2D eigenvalue weighted by molar-refractivity contribution is 0.433. The maximum absolute atomic E-state index is 5.05. The predicted octanol–water partition coefficient (Wildman–Crippen LogP) is 6.84. The molecule has 1 heterocycles. The Morgan fingerprint density at radius 3 is 2.13 bits per heavy atom. The highest BCUT2D eigenvalue weighted by molar-refractivity contribution is 5.92. The van der Waals surface area contributed by atoms with Crippen molar-refractivity contribution in [2.24, 2.45) is 0 Å². The fourth-order valence-electron chi connectivity index (χ4n) is 4.34. The van der Waals surface area contributed by atoms with Gasteiger partial charge in [-0.1, -0.05) is 67.8 Å². The standard InChI is InChI=1S/C26H26N4/c1-4-12-20(13-5-1)27-25-23-18-10-11-19-24(23)28-26(29-25)30(21-14-6-2-7-15-21)22-16-8-3-9-17-22/h1-2,4-7,10-15,18-19,22H,3,8-9,16-17H2,(H,27,28,29). The number of nitrogens with one attached hydrogen (secondary N) is 1. The summed E-state index contributed by atoms with van der Waals surface area (Å²) in [6.07, 6.45) is 6.19. The van der Waals surface area contributed by atoms with E-state index in [9.17, 15) is 0 Å². The lowest BCUT2D eigenvalue weighted by Gasteiger charge is -2.34. The van der Waals surface area contributed by atoms with Crippen molar-refractivity contribution in [2.45, 2.75) is 38.1 Å². The molecule has 5 rings (SSSR count). The number of hydrogen-bond donors (Lipinski definition) is 1. The Hall–Kier alpha value is -3.40. The van der Waals surface area contributed by atoms with Crippen LogP contribution in [0.2, 0.25) is 0 Å². The average Bonchev–Trinajstić information content (AvgIpc) is 2.81. The molecular weight excluding hydrogens is 368 g/mol. The van der Waals surface area contributed by atoms with Gasteiger partial charge in [-0.3, -0.25) is 0 Å². The molecule has 1 saturated carbocycles. The first-order valence-electron chi connectivity index (χ1n) is 10.8. The summed E-state index contributed by atoms with van der Waals surface area (Å²) in [7, 11) is 0. The van der Waals surface area contributed by atoms with Crippen LogP contribution in [0.1, 0.15) is 32.1 Å². The zero-order chi connectivity index (χ0) is 20.2. The third-order valence-electron chi connectivity index (χ3n) is 5.82. The minimum Gasteiger partial charge on any atom is -0.340 e. The Morgan fingerprint density at radius 1 is 0.700 bits per heavy atom. The topological polar surface area (TPSA) is 41.1 Å². The number of anilines is 4. The van der Waals surface area contributed by atoms with Crippen LogP contribution in [-0.4, -0.2) is 16.0 Å². The summed E-state index contributed by atoms with van der Waals surface area (Å²) in [6, 6.07) is 29.4. The molecule has 0 amide bonds. The summed E-state index contributed by atoms with van der Waals surface area (Å²) in [4.78, 5) is 12.4. The number of nitrogens with zero attached hydrogens (tertiary/aromatic N) is 3. The van der Waals surface area contributed by atoms with E-state index in [2.05, 4.69) is 64.8 Å². The summed E-state index contributed by atoms with van der Waals surface area (Å²) < 4.78 is 0. The molecule has 1 aliphatic rings. The minimum absolute atomic E-state index is 0.423. The monoisotopic (exact) mass is 394 g/mol. The lowest BCUT2D eigenvalue weighted by atomic mass is 9.94. The molecule has 1 aliphatic carbocycles. The fourth-order valence-corrected chi connectivity index (χ4v) is 4.34. The average molecular weight is 395 g/mol. The van der Waals surface area contributed by atoms with Crippen LogP contribution < -0.4 is 10.2 Å². The molecule has 1 fully saturated rings. The Kier molecular flexibility index (Phi) is 5.30.